The van der Waals surface area contributed by atoms with Crippen molar-refractivity contribution in [3.63, 3.8) is 0 Å². The Hall–Kier alpha value is -1.32. The first-order valence-corrected chi connectivity index (χ1v) is 6.27. The van der Waals surface area contributed by atoms with Crippen LogP contribution in [0.5, 0.6) is 0 Å². The van der Waals surface area contributed by atoms with E-state index in [4.69, 9.17) is 4.74 Å². The van der Waals surface area contributed by atoms with E-state index in [9.17, 15) is 9.59 Å². The van der Waals surface area contributed by atoms with Crippen molar-refractivity contribution in [2.75, 3.05) is 0 Å². The minimum Gasteiger partial charge on any atom is -0.498 e. The number of hydrogen-bond acceptors (Lipinski definition) is 3. The van der Waals surface area contributed by atoms with Gasteiger partial charge in [0.05, 0.1) is 6.26 Å². The number of ether oxygens (including phenoxy) is 1. The Balaban J connectivity index is 2.87. The maximum atomic E-state index is 11.8. The Morgan fingerprint density at radius 1 is 1.22 bits per heavy atom. The van der Waals surface area contributed by atoms with Crippen molar-refractivity contribution < 1.29 is 14.3 Å². The lowest BCUT2D eigenvalue weighted by atomic mass is 9.78. The van der Waals surface area contributed by atoms with Gasteiger partial charge in [0.15, 0.2) is 0 Å². The number of carbonyl (C=O) groups excluding carboxylic acids is 2. The lowest BCUT2D eigenvalue weighted by molar-refractivity contribution is -0.152. The second-order valence-corrected chi connectivity index (χ2v) is 6.11. The molecule has 1 aliphatic rings. The normalized spacial score (nSPS) is 23.1. The van der Waals surface area contributed by atoms with Gasteiger partial charge in [-0.25, -0.2) is 0 Å². The predicted molar refractivity (Wildman–Crippen MR) is 70.0 cm³/mol. The molecule has 0 aromatic carbocycles. The number of likely N-dealkylation sites (tertiary alicyclic amines) is 1. The van der Waals surface area contributed by atoms with Crippen LogP contribution in [0.3, 0.4) is 0 Å². The molecule has 0 unspecified atom stereocenters. The maximum Gasteiger partial charge on any atom is 0.220 e. The second kappa shape index (κ2) is 5.12. The van der Waals surface area contributed by atoms with Crippen molar-refractivity contribution in [3.8, 4) is 0 Å². The van der Waals surface area contributed by atoms with E-state index in [0.717, 1.165) is 12.8 Å². The van der Waals surface area contributed by atoms with Crippen LogP contribution >= 0.6 is 0 Å². The molecule has 1 heterocycles. The van der Waals surface area contributed by atoms with Crippen LogP contribution in [0.15, 0.2) is 12.3 Å². The lowest BCUT2D eigenvalue weighted by Gasteiger charge is -2.54. The first-order valence-electron chi connectivity index (χ1n) is 6.27. The highest BCUT2D eigenvalue weighted by molar-refractivity contribution is 5.75. The Labute approximate surface area is 109 Å². The van der Waals surface area contributed by atoms with E-state index in [1.807, 2.05) is 4.90 Å². The summed E-state index contributed by atoms with van der Waals surface area (Å²) in [6.45, 7) is 9.81. The third kappa shape index (κ3) is 3.12. The van der Waals surface area contributed by atoms with Gasteiger partial charge in [-0.15, -0.1) is 0 Å². The molecule has 0 bridgehead atoms. The van der Waals surface area contributed by atoms with Crippen molar-refractivity contribution in [3.05, 3.63) is 12.3 Å². The van der Waals surface area contributed by atoms with Gasteiger partial charge in [0.25, 0.3) is 0 Å². The van der Waals surface area contributed by atoms with Crippen molar-refractivity contribution in [2.24, 2.45) is 0 Å². The number of nitrogens with zero attached hydrogens (tertiary/aromatic N) is 1. The van der Waals surface area contributed by atoms with Gasteiger partial charge >= 0.3 is 0 Å². The minimum absolute atomic E-state index is 0.0294. The molecule has 0 saturated carbocycles. The van der Waals surface area contributed by atoms with Crippen LogP contribution in [0.1, 0.15) is 47.5 Å². The van der Waals surface area contributed by atoms with Gasteiger partial charge in [-0.1, -0.05) is 0 Å². The topological polar surface area (TPSA) is 46.6 Å². The van der Waals surface area contributed by atoms with Gasteiger partial charge in [-0.3, -0.25) is 9.59 Å². The Morgan fingerprint density at radius 2 is 1.72 bits per heavy atom. The van der Waals surface area contributed by atoms with Gasteiger partial charge in [-0.2, -0.15) is 0 Å². The molecule has 1 saturated heterocycles. The second-order valence-electron chi connectivity index (χ2n) is 6.11. The van der Waals surface area contributed by atoms with E-state index in [0.29, 0.717) is 6.29 Å². The molecule has 0 radical (unpaired) electrons. The molecule has 18 heavy (non-hydrogen) atoms. The van der Waals surface area contributed by atoms with Crippen LogP contribution in [0.4, 0.5) is 0 Å². The zero-order chi connectivity index (χ0) is 14.0. The molecular formula is C14H23NO3. The van der Waals surface area contributed by atoms with Crippen LogP contribution < -0.4 is 0 Å². The van der Waals surface area contributed by atoms with Crippen LogP contribution in [-0.4, -0.2) is 34.3 Å². The average Bonchev–Trinajstić information content (AvgIpc) is 2.12. The Bertz CT molecular complexity index is 340. The fraction of sp³-hybridized carbons (Fsp3) is 0.714. The third-order valence-corrected chi connectivity index (χ3v) is 3.41. The first-order chi connectivity index (χ1) is 8.20. The van der Waals surface area contributed by atoms with Crippen LogP contribution in [0, 0.1) is 0 Å². The van der Waals surface area contributed by atoms with Crippen molar-refractivity contribution in [1.29, 1.82) is 0 Å². The summed E-state index contributed by atoms with van der Waals surface area (Å²) in [5.74, 6) is 0.0897. The molecule has 102 valence electrons. The maximum absolute atomic E-state index is 11.8. The summed E-state index contributed by atoms with van der Waals surface area (Å²) in [7, 11) is 0. The SMILES string of the molecule is CC(=O)N1C(C)(C)CC(OC=CC=O)CC1(C)C. The summed E-state index contributed by atoms with van der Waals surface area (Å²) in [5, 5.41) is 0. The molecule has 0 atom stereocenters. The number of hydrogen-bond donors (Lipinski definition) is 0. The summed E-state index contributed by atoms with van der Waals surface area (Å²) in [4.78, 5) is 24.0. The average molecular weight is 253 g/mol. The molecule has 0 aromatic heterocycles. The highest BCUT2D eigenvalue weighted by Crippen LogP contribution is 2.39. The summed E-state index contributed by atoms with van der Waals surface area (Å²) in [6, 6.07) is 0. The molecule has 4 heteroatoms. The fourth-order valence-corrected chi connectivity index (χ4v) is 3.33. The van der Waals surface area contributed by atoms with E-state index in [-0.39, 0.29) is 23.1 Å². The fourth-order valence-electron chi connectivity index (χ4n) is 3.33. The van der Waals surface area contributed by atoms with Gasteiger partial charge in [-0.05, 0) is 27.7 Å². The van der Waals surface area contributed by atoms with Crippen LogP contribution in [-0.2, 0) is 14.3 Å². The number of piperidine rings is 1. The largest absolute Gasteiger partial charge is 0.498 e. The summed E-state index contributed by atoms with van der Waals surface area (Å²) in [6.07, 6.45) is 5.03. The molecule has 1 aliphatic heterocycles. The number of aldehydes is 1. The van der Waals surface area contributed by atoms with E-state index in [1.165, 1.54) is 12.3 Å². The molecule has 1 fully saturated rings. The Morgan fingerprint density at radius 3 is 2.11 bits per heavy atom. The molecule has 1 rings (SSSR count). The number of amides is 1. The summed E-state index contributed by atoms with van der Waals surface area (Å²) < 4.78 is 5.57. The van der Waals surface area contributed by atoms with E-state index < -0.39 is 0 Å². The molecular weight excluding hydrogens is 230 g/mol. The number of carbonyl (C=O) groups is 2. The quantitative estimate of drug-likeness (QED) is 0.440. The minimum atomic E-state index is -0.243. The van der Waals surface area contributed by atoms with E-state index in [2.05, 4.69) is 27.7 Å². The van der Waals surface area contributed by atoms with Gasteiger partial charge in [0, 0.05) is 36.9 Å². The van der Waals surface area contributed by atoms with Gasteiger partial charge in [0.2, 0.25) is 5.91 Å². The van der Waals surface area contributed by atoms with Gasteiger partial charge < -0.3 is 9.64 Å². The molecule has 4 nitrogen and oxygen atoms in total. The molecule has 1 amide bonds. The number of rotatable bonds is 3. The third-order valence-electron chi connectivity index (χ3n) is 3.41. The Kier molecular flexibility index (Phi) is 4.20. The first kappa shape index (κ1) is 14.7. The van der Waals surface area contributed by atoms with Crippen molar-refractivity contribution in [2.45, 2.75) is 64.6 Å². The van der Waals surface area contributed by atoms with Crippen molar-refractivity contribution in [1.82, 2.24) is 4.90 Å². The van der Waals surface area contributed by atoms with Crippen molar-refractivity contribution >= 4 is 12.2 Å². The zero-order valence-electron chi connectivity index (χ0n) is 11.9. The molecule has 0 N–H and O–H groups in total. The highest BCUT2D eigenvalue weighted by Gasteiger charge is 2.47. The molecule has 0 spiro atoms. The zero-order valence-corrected chi connectivity index (χ0v) is 11.9. The van der Waals surface area contributed by atoms with Crippen LogP contribution in [0.2, 0.25) is 0 Å². The monoisotopic (exact) mass is 253 g/mol. The number of allylic oxidation sites excluding steroid dienone is 1. The predicted octanol–water partition coefficient (Wildman–Crippen LogP) is 2.28. The van der Waals surface area contributed by atoms with E-state index in [1.54, 1.807) is 6.92 Å². The lowest BCUT2D eigenvalue weighted by Crippen LogP contribution is -2.63. The van der Waals surface area contributed by atoms with Gasteiger partial charge in [0.1, 0.15) is 12.4 Å². The van der Waals surface area contributed by atoms with E-state index >= 15 is 0 Å². The van der Waals surface area contributed by atoms with Crippen LogP contribution in [0.25, 0.3) is 0 Å². The smallest absolute Gasteiger partial charge is 0.220 e. The summed E-state index contributed by atoms with van der Waals surface area (Å²) in [5.41, 5.74) is -0.486. The molecule has 0 aliphatic carbocycles. The highest BCUT2D eigenvalue weighted by atomic mass is 16.5. The standard InChI is InChI=1S/C14H23NO3/c1-11(17)15-13(2,3)9-12(10-14(15,4)5)18-8-6-7-16/h6-8,12H,9-10H2,1-5H3. The molecule has 0 aromatic rings. The summed E-state index contributed by atoms with van der Waals surface area (Å²) >= 11 is 0.